The summed E-state index contributed by atoms with van der Waals surface area (Å²) in [4.78, 5) is 0.0320. The SMILES string of the molecule is Cc1ccc(S(=O)(=O)N2CCCCC2CCN)cc1F. The summed E-state index contributed by atoms with van der Waals surface area (Å²) in [5.41, 5.74) is 6.01. The molecule has 0 aromatic heterocycles. The van der Waals surface area contributed by atoms with Crippen LogP contribution in [-0.4, -0.2) is 31.9 Å². The lowest BCUT2D eigenvalue weighted by Gasteiger charge is -2.34. The summed E-state index contributed by atoms with van der Waals surface area (Å²) in [5.74, 6) is -0.488. The quantitative estimate of drug-likeness (QED) is 0.925. The second kappa shape index (κ2) is 6.20. The molecule has 6 heteroatoms. The van der Waals surface area contributed by atoms with Gasteiger partial charge in [0, 0.05) is 12.6 Å². The second-order valence-electron chi connectivity index (χ2n) is 5.25. The molecular weight excluding hydrogens is 279 g/mol. The van der Waals surface area contributed by atoms with Crippen LogP contribution in [0.25, 0.3) is 0 Å². The Balaban J connectivity index is 2.34. The number of aryl methyl sites for hydroxylation is 1. The third kappa shape index (κ3) is 3.02. The predicted molar refractivity (Wildman–Crippen MR) is 76.3 cm³/mol. The van der Waals surface area contributed by atoms with E-state index in [0.29, 0.717) is 25.1 Å². The number of piperidine rings is 1. The Kier molecular flexibility index (Phi) is 4.78. The Morgan fingerprint density at radius 2 is 2.15 bits per heavy atom. The minimum absolute atomic E-state index is 0.0320. The third-order valence-corrected chi connectivity index (χ3v) is 5.77. The highest BCUT2D eigenvalue weighted by Crippen LogP contribution is 2.27. The molecule has 112 valence electrons. The molecule has 1 heterocycles. The fourth-order valence-electron chi connectivity index (χ4n) is 2.64. The lowest BCUT2D eigenvalue weighted by atomic mass is 10.0. The van der Waals surface area contributed by atoms with E-state index in [9.17, 15) is 12.8 Å². The van der Waals surface area contributed by atoms with E-state index < -0.39 is 15.8 Å². The average molecular weight is 300 g/mol. The molecule has 1 unspecified atom stereocenters. The molecule has 1 saturated heterocycles. The highest BCUT2D eigenvalue weighted by Gasteiger charge is 2.33. The summed E-state index contributed by atoms with van der Waals surface area (Å²) in [5, 5.41) is 0. The zero-order chi connectivity index (χ0) is 14.8. The first-order valence-corrected chi connectivity index (χ1v) is 8.39. The highest BCUT2D eigenvalue weighted by molar-refractivity contribution is 7.89. The van der Waals surface area contributed by atoms with Crippen LogP contribution in [0.3, 0.4) is 0 Å². The first-order chi connectivity index (χ1) is 9.46. The minimum Gasteiger partial charge on any atom is -0.330 e. The van der Waals surface area contributed by atoms with E-state index in [-0.39, 0.29) is 10.9 Å². The van der Waals surface area contributed by atoms with Crippen LogP contribution in [0.5, 0.6) is 0 Å². The molecule has 0 bridgehead atoms. The maximum Gasteiger partial charge on any atom is 0.243 e. The fraction of sp³-hybridized carbons (Fsp3) is 0.571. The van der Waals surface area contributed by atoms with E-state index >= 15 is 0 Å². The molecule has 0 amide bonds. The van der Waals surface area contributed by atoms with Gasteiger partial charge in [-0.15, -0.1) is 0 Å². The Hall–Kier alpha value is -0.980. The number of hydrogen-bond acceptors (Lipinski definition) is 3. The molecule has 1 aliphatic rings. The van der Waals surface area contributed by atoms with E-state index in [1.54, 1.807) is 6.92 Å². The van der Waals surface area contributed by atoms with Crippen LogP contribution in [0.15, 0.2) is 23.1 Å². The normalized spacial score (nSPS) is 21.1. The molecule has 2 N–H and O–H groups in total. The lowest BCUT2D eigenvalue weighted by molar-refractivity contribution is 0.243. The van der Waals surface area contributed by atoms with E-state index in [1.807, 2.05) is 0 Å². The van der Waals surface area contributed by atoms with Crippen molar-refractivity contribution in [3.05, 3.63) is 29.6 Å². The molecule has 0 saturated carbocycles. The smallest absolute Gasteiger partial charge is 0.243 e. The standard InChI is InChI=1S/C14H21FN2O2S/c1-11-5-6-13(10-14(11)15)20(18,19)17-9-3-2-4-12(17)7-8-16/h5-6,10,12H,2-4,7-9,16H2,1H3. The van der Waals surface area contributed by atoms with Crippen molar-refractivity contribution in [1.29, 1.82) is 0 Å². The van der Waals surface area contributed by atoms with Gasteiger partial charge in [0.1, 0.15) is 5.82 Å². The Bertz CT molecular complexity index is 573. The molecule has 0 spiro atoms. The summed E-state index contributed by atoms with van der Waals surface area (Å²) in [6.45, 7) is 2.56. The van der Waals surface area contributed by atoms with Crippen molar-refractivity contribution in [1.82, 2.24) is 4.31 Å². The van der Waals surface area contributed by atoms with Gasteiger partial charge in [-0.2, -0.15) is 4.31 Å². The van der Waals surface area contributed by atoms with Gasteiger partial charge in [0.2, 0.25) is 10.0 Å². The molecule has 1 fully saturated rings. The zero-order valence-electron chi connectivity index (χ0n) is 11.7. The van der Waals surface area contributed by atoms with Crippen LogP contribution in [-0.2, 0) is 10.0 Å². The summed E-state index contributed by atoms with van der Waals surface area (Å²) in [6.07, 6.45) is 3.33. The summed E-state index contributed by atoms with van der Waals surface area (Å²) >= 11 is 0. The second-order valence-corrected chi connectivity index (χ2v) is 7.14. The van der Waals surface area contributed by atoms with Gasteiger partial charge < -0.3 is 5.73 Å². The first kappa shape index (κ1) is 15.4. The van der Waals surface area contributed by atoms with Crippen LogP contribution < -0.4 is 5.73 Å². The largest absolute Gasteiger partial charge is 0.330 e. The summed E-state index contributed by atoms with van der Waals surface area (Å²) in [7, 11) is -3.63. The average Bonchev–Trinajstić information content (AvgIpc) is 2.42. The van der Waals surface area contributed by atoms with Crippen molar-refractivity contribution in [2.45, 2.75) is 43.5 Å². The number of nitrogens with zero attached hydrogens (tertiary/aromatic N) is 1. The molecule has 2 rings (SSSR count). The summed E-state index contributed by atoms with van der Waals surface area (Å²) < 4.78 is 40.4. The fourth-order valence-corrected chi connectivity index (χ4v) is 4.38. The van der Waals surface area contributed by atoms with E-state index in [2.05, 4.69) is 0 Å². The molecule has 1 atom stereocenters. The van der Waals surface area contributed by atoms with Gasteiger partial charge >= 0.3 is 0 Å². The molecule has 1 aromatic carbocycles. The van der Waals surface area contributed by atoms with E-state index in [4.69, 9.17) is 5.73 Å². The number of halogens is 1. The third-order valence-electron chi connectivity index (χ3n) is 3.82. The van der Waals surface area contributed by atoms with Crippen LogP contribution >= 0.6 is 0 Å². The van der Waals surface area contributed by atoms with Crippen LogP contribution in [0.2, 0.25) is 0 Å². The maximum absolute atomic E-state index is 13.6. The first-order valence-electron chi connectivity index (χ1n) is 6.95. The lowest BCUT2D eigenvalue weighted by Crippen LogP contribution is -2.44. The molecule has 20 heavy (non-hydrogen) atoms. The number of sulfonamides is 1. The minimum atomic E-state index is -3.63. The van der Waals surface area contributed by atoms with Crippen LogP contribution in [0.4, 0.5) is 4.39 Å². The summed E-state index contributed by atoms with van der Waals surface area (Å²) in [6, 6.07) is 4.02. The van der Waals surface area contributed by atoms with Gasteiger partial charge in [0.15, 0.2) is 0 Å². The van der Waals surface area contributed by atoms with Crippen molar-refractivity contribution in [3.63, 3.8) is 0 Å². The maximum atomic E-state index is 13.6. The van der Waals surface area contributed by atoms with Gasteiger partial charge in [-0.05, 0) is 50.4 Å². The molecular formula is C14H21FN2O2S. The van der Waals surface area contributed by atoms with Crippen molar-refractivity contribution in [2.24, 2.45) is 5.73 Å². The monoisotopic (exact) mass is 300 g/mol. The molecule has 4 nitrogen and oxygen atoms in total. The molecule has 0 aliphatic carbocycles. The molecule has 1 aliphatic heterocycles. The highest BCUT2D eigenvalue weighted by atomic mass is 32.2. The zero-order valence-corrected chi connectivity index (χ0v) is 12.5. The Labute approximate surface area is 119 Å². The van der Waals surface area contributed by atoms with Gasteiger partial charge in [-0.3, -0.25) is 0 Å². The van der Waals surface area contributed by atoms with Crippen molar-refractivity contribution in [3.8, 4) is 0 Å². The number of benzene rings is 1. The van der Waals surface area contributed by atoms with Crippen molar-refractivity contribution >= 4 is 10.0 Å². The van der Waals surface area contributed by atoms with E-state index in [1.165, 1.54) is 16.4 Å². The molecule has 0 radical (unpaired) electrons. The number of rotatable bonds is 4. The van der Waals surface area contributed by atoms with E-state index in [0.717, 1.165) is 25.3 Å². The van der Waals surface area contributed by atoms with Crippen molar-refractivity contribution in [2.75, 3.05) is 13.1 Å². The van der Waals surface area contributed by atoms with Gasteiger partial charge in [0.05, 0.1) is 4.90 Å². The number of nitrogens with two attached hydrogens (primary N) is 1. The topological polar surface area (TPSA) is 63.4 Å². The predicted octanol–water partition coefficient (Wildman–Crippen LogP) is 2.03. The van der Waals surface area contributed by atoms with Gasteiger partial charge in [-0.1, -0.05) is 12.5 Å². The molecule has 1 aromatic rings. The Morgan fingerprint density at radius 3 is 2.80 bits per heavy atom. The van der Waals surface area contributed by atoms with Crippen molar-refractivity contribution < 1.29 is 12.8 Å². The van der Waals surface area contributed by atoms with Crippen LogP contribution in [0.1, 0.15) is 31.2 Å². The Morgan fingerprint density at radius 1 is 1.40 bits per heavy atom. The number of hydrogen-bond donors (Lipinski definition) is 1. The van der Waals surface area contributed by atoms with Crippen LogP contribution in [0, 0.1) is 12.7 Å². The van der Waals surface area contributed by atoms with Gasteiger partial charge in [0.25, 0.3) is 0 Å². The van der Waals surface area contributed by atoms with Gasteiger partial charge in [-0.25, -0.2) is 12.8 Å².